The Morgan fingerprint density at radius 3 is 1.98 bits per heavy atom. The number of hydrogen-bond donors (Lipinski definition) is 0. The normalized spacial score (nSPS) is 15.0. The van der Waals surface area contributed by atoms with Crippen molar-refractivity contribution < 1.29 is 39.5 Å². The smallest absolute Gasteiger partial charge is 0.135 e. The van der Waals surface area contributed by atoms with Gasteiger partial charge in [0, 0.05) is 67.3 Å². The van der Waals surface area contributed by atoms with Crippen LogP contribution in [0.5, 0.6) is 11.5 Å². The van der Waals surface area contributed by atoms with Gasteiger partial charge in [0.25, 0.3) is 0 Å². The molecule has 1 aliphatic heterocycles. The van der Waals surface area contributed by atoms with E-state index in [4.69, 9.17) is 22.9 Å². The van der Waals surface area contributed by atoms with Crippen LogP contribution >= 0.6 is 0 Å². The Hall–Kier alpha value is -6.49. The zero-order chi connectivity index (χ0) is 50.6. The predicted octanol–water partition coefficient (Wildman–Crippen LogP) is 14.3. The van der Waals surface area contributed by atoms with Gasteiger partial charge in [0.2, 0.25) is 0 Å². The molecule has 4 heterocycles. The number of anilines is 4. The summed E-state index contributed by atoms with van der Waals surface area (Å²) in [6, 6.07) is 30.3. The van der Waals surface area contributed by atoms with Crippen LogP contribution in [0.1, 0.15) is 66.4 Å². The van der Waals surface area contributed by atoms with Gasteiger partial charge >= 0.3 is 0 Å². The molecule has 1 aliphatic rings. The average Bonchev–Trinajstić information content (AvgIpc) is 3.89. The number of aromatic nitrogens is 3. The molecule has 10 rings (SSSR count). The number of pyridine rings is 2. The molecule has 0 fully saturated rings. The van der Waals surface area contributed by atoms with E-state index in [9.17, 15) is 5.48 Å². The third-order valence-electron chi connectivity index (χ3n) is 10.9. The van der Waals surface area contributed by atoms with Gasteiger partial charge in [-0.3, -0.25) is 0 Å². The van der Waals surface area contributed by atoms with Crippen molar-refractivity contribution in [3.63, 3.8) is 0 Å². The summed E-state index contributed by atoms with van der Waals surface area (Å²) in [4.78, 5) is 13.1. The number of fused-ring (bicyclic) bond motifs is 4. The first kappa shape index (κ1) is 30.5. The van der Waals surface area contributed by atoms with E-state index in [0.717, 1.165) is 33.2 Å². The molecule has 62 heavy (non-hydrogen) atoms. The van der Waals surface area contributed by atoms with Crippen molar-refractivity contribution in [2.24, 2.45) is 0 Å². The summed E-state index contributed by atoms with van der Waals surface area (Å²) in [7, 11) is 0. The topological polar surface area (TPSA) is 46.4 Å². The number of benzene rings is 6. The van der Waals surface area contributed by atoms with Crippen LogP contribution in [0.4, 0.5) is 22.9 Å². The standard InChI is InChI=1S/C55H46N5O.Pt/c1-54(2,3)39-28-30-56-51(33-39)60-48-24-14-13-23-44(48)45-27-26-43(35-50(45)60)61-42-22-15-21-41(34-42)58-36-59(49-25-16-29-57-53(49)58)52-46(37-17-9-7-10-18-37)31-40(55(4,5)6)32-47(52)38-19-11-8-12-20-38;/h7-33,36H,1-6H3;/q-3;/i7D,8D,9D,10D,11D,12D,17D,18D,19D,20D;. The third kappa shape index (κ3) is 7.47. The van der Waals surface area contributed by atoms with Crippen molar-refractivity contribution in [3.8, 4) is 39.6 Å². The largest absolute Gasteiger partial charge is 0.509 e. The third-order valence-corrected chi connectivity index (χ3v) is 10.9. The van der Waals surface area contributed by atoms with Crippen LogP contribution in [0.2, 0.25) is 0 Å². The van der Waals surface area contributed by atoms with Crippen molar-refractivity contribution in [1.82, 2.24) is 14.5 Å². The van der Waals surface area contributed by atoms with Crippen LogP contribution in [0.25, 0.3) is 49.9 Å². The molecule has 0 saturated heterocycles. The first-order valence-electron chi connectivity index (χ1n) is 25.0. The van der Waals surface area contributed by atoms with Gasteiger partial charge in [-0.2, -0.15) is 12.1 Å². The molecule has 0 N–H and O–H groups in total. The molecule has 0 radical (unpaired) electrons. The Bertz CT molecular complexity index is 3530. The molecule has 0 spiro atoms. The monoisotopic (exact) mass is 997 g/mol. The van der Waals surface area contributed by atoms with Gasteiger partial charge in [-0.05, 0) is 80.9 Å². The van der Waals surface area contributed by atoms with E-state index in [1.165, 1.54) is 0 Å². The van der Waals surface area contributed by atoms with E-state index in [2.05, 4.69) is 55.7 Å². The van der Waals surface area contributed by atoms with Gasteiger partial charge in [-0.1, -0.05) is 131 Å². The van der Waals surface area contributed by atoms with Gasteiger partial charge in [0.15, 0.2) is 0 Å². The summed E-state index contributed by atoms with van der Waals surface area (Å²) < 4.78 is 97.2. The van der Waals surface area contributed by atoms with Gasteiger partial charge in [-0.25, -0.2) is 9.97 Å². The summed E-state index contributed by atoms with van der Waals surface area (Å²) in [5.74, 6) is 1.95. The maximum Gasteiger partial charge on any atom is 0.135 e. The van der Waals surface area contributed by atoms with Crippen molar-refractivity contribution in [3.05, 3.63) is 194 Å². The fourth-order valence-electron chi connectivity index (χ4n) is 7.76. The second kappa shape index (κ2) is 16.1. The minimum atomic E-state index is -0.634. The molecule has 0 unspecified atom stereocenters. The summed E-state index contributed by atoms with van der Waals surface area (Å²) in [5.41, 5.74) is 4.03. The summed E-state index contributed by atoms with van der Waals surface area (Å²) in [6.07, 6.45) is 3.45. The zero-order valence-electron chi connectivity index (χ0n) is 44.9. The van der Waals surface area contributed by atoms with Gasteiger partial charge < -0.3 is 19.1 Å². The van der Waals surface area contributed by atoms with Crippen LogP contribution in [-0.4, -0.2) is 14.5 Å². The zero-order valence-corrected chi connectivity index (χ0v) is 37.1. The van der Waals surface area contributed by atoms with Gasteiger partial charge in [0.05, 0.1) is 19.4 Å². The molecule has 3 aromatic heterocycles. The molecule has 6 nitrogen and oxygen atoms in total. The molecule has 9 aromatic rings. The SMILES string of the molecule is [2H]c1c([2H])c([2H])c(-c2cc(C(C)(C)C)cc(-c3c([2H])c([2H])c([2H])c([2H])c3[2H])c2N2[CH-]N(c3[c-]c(Oc4[c-]c5c(cc4)c4ccccc4n5-c4cc(C(C)(C)C)ccn4)ccc3)c3ncccc32)c([2H])c1[2H].[Pt]. The maximum absolute atomic E-state index is 9.21. The second-order valence-corrected chi connectivity index (χ2v) is 17.0. The second-order valence-electron chi connectivity index (χ2n) is 17.0. The average molecular weight is 998 g/mol. The molecule has 0 bridgehead atoms. The van der Waals surface area contributed by atoms with E-state index >= 15 is 0 Å². The molecule has 6 aromatic carbocycles. The van der Waals surface area contributed by atoms with Crippen molar-refractivity contribution in [2.75, 3.05) is 9.80 Å². The summed E-state index contributed by atoms with van der Waals surface area (Å²) in [5, 5.41) is 2.02. The van der Waals surface area contributed by atoms with E-state index in [1.807, 2.05) is 69.4 Å². The van der Waals surface area contributed by atoms with E-state index < -0.39 is 65.8 Å². The molecule has 0 saturated carbocycles. The fourth-order valence-corrected chi connectivity index (χ4v) is 7.76. The Labute approximate surface area is 392 Å². The van der Waals surface area contributed by atoms with Crippen molar-refractivity contribution in [2.45, 2.75) is 52.4 Å². The number of para-hydroxylation sites is 1. The molecule has 0 atom stereocenters. The van der Waals surface area contributed by atoms with Crippen LogP contribution in [-0.2, 0) is 31.9 Å². The molecular formula is C55H46N5OPt-3. The number of hydrogen-bond acceptors (Lipinski definition) is 5. The van der Waals surface area contributed by atoms with Crippen LogP contribution < -0.4 is 14.5 Å². The van der Waals surface area contributed by atoms with Gasteiger partial charge in [-0.15, -0.1) is 42.4 Å². The molecule has 310 valence electrons. The number of nitrogens with zero attached hydrogens (tertiary/aromatic N) is 5. The Morgan fingerprint density at radius 1 is 0.613 bits per heavy atom. The predicted molar refractivity (Wildman–Crippen MR) is 250 cm³/mol. The molecule has 7 heteroatoms. The van der Waals surface area contributed by atoms with Crippen molar-refractivity contribution >= 4 is 44.7 Å². The molecule has 0 amide bonds. The summed E-state index contributed by atoms with van der Waals surface area (Å²) >= 11 is 0. The quantitative estimate of drug-likeness (QED) is 0.149. The maximum atomic E-state index is 9.21. The van der Waals surface area contributed by atoms with Crippen LogP contribution in [0.15, 0.2) is 164 Å². The molecular weight excluding hydrogens is 942 g/mol. The first-order valence-corrected chi connectivity index (χ1v) is 20.0. The summed E-state index contributed by atoms with van der Waals surface area (Å²) in [6.45, 7) is 14.0. The van der Waals surface area contributed by atoms with E-state index in [0.29, 0.717) is 34.3 Å². The fraction of sp³-hybridized carbons (Fsp3) is 0.145. The van der Waals surface area contributed by atoms with E-state index in [1.54, 1.807) is 53.0 Å². The van der Waals surface area contributed by atoms with Gasteiger partial charge in [0.1, 0.15) is 11.6 Å². The first-order chi connectivity index (χ1) is 33.6. The minimum absolute atomic E-state index is 0. The Kier molecular flexibility index (Phi) is 7.92. The number of rotatable bonds is 7. The van der Waals surface area contributed by atoms with Crippen molar-refractivity contribution in [1.29, 1.82) is 0 Å². The minimum Gasteiger partial charge on any atom is -0.509 e. The van der Waals surface area contributed by atoms with E-state index in [-0.39, 0.29) is 54.4 Å². The number of ether oxygens (including phenoxy) is 1. The van der Waals surface area contributed by atoms with Crippen LogP contribution in [0, 0.1) is 18.8 Å². The Morgan fingerprint density at radius 2 is 1.29 bits per heavy atom. The molecule has 0 aliphatic carbocycles. The Balaban J connectivity index is 0.00000640. The van der Waals surface area contributed by atoms with Crippen LogP contribution in [0.3, 0.4) is 0 Å².